The van der Waals surface area contributed by atoms with E-state index in [4.69, 9.17) is 0 Å². The Balaban J connectivity index is 2.39. The van der Waals surface area contributed by atoms with Crippen LogP contribution in [0.25, 0.3) is 0 Å². The number of nitrogens with zero attached hydrogens (tertiary/aromatic N) is 1. The summed E-state index contributed by atoms with van der Waals surface area (Å²) in [6.07, 6.45) is 2.91. The van der Waals surface area contributed by atoms with Gasteiger partial charge >= 0.3 is 0 Å². The molecule has 0 saturated carbocycles. The number of aliphatic hydroxyl groups is 1. The lowest BCUT2D eigenvalue weighted by molar-refractivity contribution is 0.219. The highest BCUT2D eigenvalue weighted by Gasteiger charge is 2.12. The molecule has 0 aliphatic carbocycles. The van der Waals surface area contributed by atoms with E-state index >= 15 is 0 Å². The van der Waals surface area contributed by atoms with Gasteiger partial charge in [-0.2, -0.15) is 0 Å². The average molecular weight is 213 g/mol. The standard InChI is InChI=1S/C14H15NO/c1-10-7-12(9-15-8-10)14(16)13-6-4-3-5-11(13)2/h3-9,14,16H,1-2H3. The van der Waals surface area contributed by atoms with Crippen LogP contribution in [0, 0.1) is 13.8 Å². The number of hydrogen-bond donors (Lipinski definition) is 1. The second-order valence-electron chi connectivity index (χ2n) is 4.05. The van der Waals surface area contributed by atoms with Crippen molar-refractivity contribution in [1.29, 1.82) is 0 Å². The van der Waals surface area contributed by atoms with Gasteiger partial charge < -0.3 is 5.11 Å². The minimum atomic E-state index is -0.589. The van der Waals surface area contributed by atoms with Crippen LogP contribution >= 0.6 is 0 Å². The normalized spacial score (nSPS) is 12.4. The summed E-state index contributed by atoms with van der Waals surface area (Å²) in [7, 11) is 0. The van der Waals surface area contributed by atoms with E-state index in [1.807, 2.05) is 44.2 Å². The molecule has 16 heavy (non-hydrogen) atoms. The third kappa shape index (κ3) is 2.12. The minimum absolute atomic E-state index is 0.589. The van der Waals surface area contributed by atoms with Crippen molar-refractivity contribution in [1.82, 2.24) is 4.98 Å². The Morgan fingerprint density at radius 3 is 2.56 bits per heavy atom. The largest absolute Gasteiger partial charge is 0.384 e. The average Bonchev–Trinajstić information content (AvgIpc) is 2.29. The Kier molecular flexibility index (Phi) is 3.02. The third-order valence-electron chi connectivity index (χ3n) is 2.69. The number of aliphatic hydroxyl groups excluding tert-OH is 1. The predicted molar refractivity (Wildman–Crippen MR) is 64.2 cm³/mol. The molecule has 1 N–H and O–H groups in total. The van der Waals surface area contributed by atoms with Crippen molar-refractivity contribution in [3.63, 3.8) is 0 Å². The fraction of sp³-hybridized carbons (Fsp3) is 0.214. The summed E-state index contributed by atoms with van der Waals surface area (Å²) in [6.45, 7) is 3.98. The van der Waals surface area contributed by atoms with Crippen LogP contribution in [0.5, 0.6) is 0 Å². The zero-order chi connectivity index (χ0) is 11.5. The molecule has 0 aliphatic heterocycles. The van der Waals surface area contributed by atoms with Crippen LogP contribution in [-0.2, 0) is 0 Å². The highest BCUT2D eigenvalue weighted by molar-refractivity contribution is 5.34. The van der Waals surface area contributed by atoms with Crippen LogP contribution in [0.1, 0.15) is 28.4 Å². The van der Waals surface area contributed by atoms with Crippen LogP contribution in [0.4, 0.5) is 0 Å². The van der Waals surface area contributed by atoms with Crippen molar-refractivity contribution in [3.05, 3.63) is 65.0 Å². The fourth-order valence-corrected chi connectivity index (χ4v) is 1.80. The van der Waals surface area contributed by atoms with Gasteiger partial charge in [0, 0.05) is 18.0 Å². The van der Waals surface area contributed by atoms with Crippen molar-refractivity contribution in [3.8, 4) is 0 Å². The van der Waals surface area contributed by atoms with Crippen molar-refractivity contribution < 1.29 is 5.11 Å². The van der Waals surface area contributed by atoms with Crippen LogP contribution in [-0.4, -0.2) is 10.1 Å². The molecule has 0 spiro atoms. The first kappa shape index (κ1) is 10.8. The van der Waals surface area contributed by atoms with E-state index in [1.54, 1.807) is 12.4 Å². The Hall–Kier alpha value is -1.67. The molecule has 0 amide bonds. The molecule has 1 heterocycles. The van der Waals surface area contributed by atoms with Gasteiger partial charge in [0.05, 0.1) is 0 Å². The van der Waals surface area contributed by atoms with Crippen LogP contribution in [0.15, 0.2) is 42.7 Å². The molecule has 82 valence electrons. The number of pyridine rings is 1. The summed E-state index contributed by atoms with van der Waals surface area (Å²) in [6, 6.07) is 9.82. The third-order valence-corrected chi connectivity index (χ3v) is 2.69. The molecule has 2 nitrogen and oxygen atoms in total. The monoisotopic (exact) mass is 213 g/mol. The summed E-state index contributed by atoms with van der Waals surface area (Å²) >= 11 is 0. The zero-order valence-electron chi connectivity index (χ0n) is 9.51. The predicted octanol–water partition coefficient (Wildman–Crippen LogP) is 2.78. The molecule has 0 saturated heterocycles. The molecular formula is C14H15NO. The Morgan fingerprint density at radius 1 is 1.12 bits per heavy atom. The van der Waals surface area contributed by atoms with Gasteiger partial charge in [0.2, 0.25) is 0 Å². The lowest BCUT2D eigenvalue weighted by Gasteiger charge is -2.13. The van der Waals surface area contributed by atoms with Gasteiger partial charge in [-0.3, -0.25) is 4.98 Å². The summed E-state index contributed by atoms with van der Waals surface area (Å²) < 4.78 is 0. The summed E-state index contributed by atoms with van der Waals surface area (Å²) in [5.74, 6) is 0. The van der Waals surface area contributed by atoms with E-state index in [0.717, 1.165) is 22.3 Å². The van der Waals surface area contributed by atoms with E-state index < -0.39 is 6.10 Å². The maximum absolute atomic E-state index is 10.3. The van der Waals surface area contributed by atoms with E-state index in [9.17, 15) is 5.11 Å². The lowest BCUT2D eigenvalue weighted by Crippen LogP contribution is -2.02. The van der Waals surface area contributed by atoms with E-state index in [1.165, 1.54) is 0 Å². The van der Waals surface area contributed by atoms with Gasteiger partial charge in [-0.25, -0.2) is 0 Å². The smallest absolute Gasteiger partial charge is 0.106 e. The molecule has 1 aromatic heterocycles. The first-order chi connectivity index (χ1) is 7.68. The van der Waals surface area contributed by atoms with Crippen molar-refractivity contribution >= 4 is 0 Å². The zero-order valence-corrected chi connectivity index (χ0v) is 9.51. The summed E-state index contributed by atoms with van der Waals surface area (Å²) in [4.78, 5) is 4.10. The Labute approximate surface area is 95.6 Å². The fourth-order valence-electron chi connectivity index (χ4n) is 1.80. The van der Waals surface area contributed by atoms with Gasteiger partial charge in [-0.05, 0) is 30.5 Å². The van der Waals surface area contributed by atoms with Gasteiger partial charge in [0.1, 0.15) is 6.10 Å². The van der Waals surface area contributed by atoms with Crippen molar-refractivity contribution in [2.24, 2.45) is 0 Å². The molecule has 2 heteroatoms. The summed E-state index contributed by atoms with van der Waals surface area (Å²) in [5, 5.41) is 10.3. The molecule has 0 fully saturated rings. The van der Waals surface area contributed by atoms with E-state index in [0.29, 0.717) is 0 Å². The second kappa shape index (κ2) is 4.45. The molecule has 0 bridgehead atoms. The molecule has 0 radical (unpaired) electrons. The van der Waals surface area contributed by atoms with E-state index in [2.05, 4.69) is 4.98 Å². The maximum atomic E-state index is 10.3. The number of rotatable bonds is 2. The second-order valence-corrected chi connectivity index (χ2v) is 4.05. The van der Waals surface area contributed by atoms with Gasteiger partial charge in [0.15, 0.2) is 0 Å². The number of hydrogen-bond acceptors (Lipinski definition) is 2. The lowest BCUT2D eigenvalue weighted by atomic mass is 9.98. The van der Waals surface area contributed by atoms with Crippen LogP contribution in [0.3, 0.4) is 0 Å². The molecular weight excluding hydrogens is 198 g/mol. The van der Waals surface area contributed by atoms with Crippen LogP contribution < -0.4 is 0 Å². The quantitative estimate of drug-likeness (QED) is 0.832. The summed E-state index contributed by atoms with van der Waals surface area (Å²) in [5.41, 5.74) is 3.94. The number of aryl methyl sites for hydroxylation is 2. The first-order valence-electron chi connectivity index (χ1n) is 5.33. The number of aromatic nitrogens is 1. The highest BCUT2D eigenvalue weighted by atomic mass is 16.3. The molecule has 1 atom stereocenters. The van der Waals surface area contributed by atoms with Gasteiger partial charge in [-0.1, -0.05) is 30.3 Å². The Bertz CT molecular complexity index is 494. The topological polar surface area (TPSA) is 33.1 Å². The van der Waals surface area contributed by atoms with Gasteiger partial charge in [0.25, 0.3) is 0 Å². The van der Waals surface area contributed by atoms with Gasteiger partial charge in [-0.15, -0.1) is 0 Å². The van der Waals surface area contributed by atoms with E-state index in [-0.39, 0.29) is 0 Å². The molecule has 2 aromatic rings. The van der Waals surface area contributed by atoms with Crippen molar-refractivity contribution in [2.75, 3.05) is 0 Å². The Morgan fingerprint density at radius 2 is 1.88 bits per heavy atom. The highest BCUT2D eigenvalue weighted by Crippen LogP contribution is 2.24. The molecule has 2 rings (SSSR count). The molecule has 0 aliphatic rings. The number of benzene rings is 1. The maximum Gasteiger partial charge on any atom is 0.106 e. The van der Waals surface area contributed by atoms with Crippen molar-refractivity contribution in [2.45, 2.75) is 20.0 Å². The molecule has 1 aromatic carbocycles. The minimum Gasteiger partial charge on any atom is -0.384 e. The first-order valence-corrected chi connectivity index (χ1v) is 5.33. The SMILES string of the molecule is Cc1cncc(C(O)c2ccccc2C)c1. The molecule has 1 unspecified atom stereocenters. The van der Waals surface area contributed by atoms with Crippen LogP contribution in [0.2, 0.25) is 0 Å².